The van der Waals surface area contributed by atoms with Crippen LogP contribution in [0.3, 0.4) is 0 Å². The molecule has 1 heterocycles. The van der Waals surface area contributed by atoms with Crippen LogP contribution in [0, 0.1) is 27.7 Å². The third-order valence-corrected chi connectivity index (χ3v) is 11.6. The molecule has 6 aromatic rings. The molecule has 0 aliphatic heterocycles. The molecule has 0 saturated heterocycles. The summed E-state index contributed by atoms with van der Waals surface area (Å²) in [5, 5.41) is 0. The van der Waals surface area contributed by atoms with E-state index in [1.54, 1.807) is 12.2 Å². The minimum Gasteiger partial charge on any atom is -0.456 e. The summed E-state index contributed by atoms with van der Waals surface area (Å²) in [6.07, 6.45) is 20.9. The van der Waals surface area contributed by atoms with Crippen LogP contribution < -0.4 is 0 Å². The van der Waals surface area contributed by atoms with Crippen LogP contribution in [0.15, 0.2) is 189 Å². The normalized spacial score (nSPS) is 14.2. The van der Waals surface area contributed by atoms with Gasteiger partial charge in [-0.15, -0.1) is 0 Å². The Labute approximate surface area is 380 Å². The number of benzene rings is 5. The van der Waals surface area contributed by atoms with Crippen molar-refractivity contribution < 1.29 is 4.42 Å². The number of allylic oxidation sites excluding steroid dienone is 7. The zero-order valence-electron chi connectivity index (χ0n) is 39.2. The van der Waals surface area contributed by atoms with Crippen LogP contribution in [0.2, 0.25) is 0 Å². The van der Waals surface area contributed by atoms with Crippen molar-refractivity contribution >= 4 is 29.9 Å². The van der Waals surface area contributed by atoms with Gasteiger partial charge in [-0.3, -0.25) is 0 Å². The van der Waals surface area contributed by atoms with Gasteiger partial charge in [0.25, 0.3) is 0 Å². The number of hydrogen-bond donors (Lipinski definition) is 0. The van der Waals surface area contributed by atoms with E-state index in [0.717, 1.165) is 30.8 Å². The molecule has 63 heavy (non-hydrogen) atoms. The Kier molecular flexibility index (Phi) is 18.7. The van der Waals surface area contributed by atoms with Gasteiger partial charge in [-0.1, -0.05) is 220 Å². The summed E-state index contributed by atoms with van der Waals surface area (Å²) in [5.41, 5.74) is 19.1. The van der Waals surface area contributed by atoms with Gasteiger partial charge in [0, 0.05) is 16.5 Å². The zero-order chi connectivity index (χ0) is 45.9. The third-order valence-electron chi connectivity index (χ3n) is 11.6. The van der Waals surface area contributed by atoms with Crippen LogP contribution in [-0.4, -0.2) is 0 Å². The Bertz CT molecular complexity index is 2530. The summed E-state index contributed by atoms with van der Waals surface area (Å²) in [6, 6.07) is 40.5. The van der Waals surface area contributed by atoms with E-state index in [1.807, 2.05) is 73.7 Å². The summed E-state index contributed by atoms with van der Waals surface area (Å²) < 4.78 is 5.81. The van der Waals surface area contributed by atoms with Crippen molar-refractivity contribution in [1.29, 1.82) is 0 Å². The van der Waals surface area contributed by atoms with Gasteiger partial charge in [0.1, 0.15) is 11.5 Å². The average Bonchev–Trinajstić information content (AvgIpc) is 3.79. The lowest BCUT2D eigenvalue weighted by Crippen LogP contribution is -2.22. The van der Waals surface area contributed by atoms with Gasteiger partial charge in [0.05, 0.1) is 0 Å². The number of hydrogen-bond acceptors (Lipinski definition) is 1. The van der Waals surface area contributed by atoms with E-state index in [0.29, 0.717) is 0 Å². The van der Waals surface area contributed by atoms with E-state index in [9.17, 15) is 0 Å². The first-order valence-electron chi connectivity index (χ1n) is 22.1. The second-order valence-corrected chi connectivity index (χ2v) is 16.1. The number of fused-ring (bicyclic) bond motifs is 4. The topological polar surface area (TPSA) is 13.1 Å². The van der Waals surface area contributed by atoms with Crippen LogP contribution in [0.4, 0.5) is 0 Å². The van der Waals surface area contributed by atoms with Crippen molar-refractivity contribution in [2.75, 3.05) is 0 Å². The van der Waals surface area contributed by atoms with Crippen molar-refractivity contribution in [2.24, 2.45) is 0 Å². The summed E-state index contributed by atoms with van der Waals surface area (Å²) in [5.74, 6) is 1.94. The molecular weight excluding hydrogens is 761 g/mol. The smallest absolute Gasteiger partial charge is 0.134 e. The molecule has 0 amide bonds. The number of furan rings is 1. The van der Waals surface area contributed by atoms with Gasteiger partial charge in [-0.05, 0) is 129 Å². The van der Waals surface area contributed by atoms with E-state index in [-0.39, 0.29) is 5.41 Å². The first-order valence-corrected chi connectivity index (χ1v) is 22.1. The largest absolute Gasteiger partial charge is 0.456 e. The van der Waals surface area contributed by atoms with Gasteiger partial charge >= 0.3 is 0 Å². The van der Waals surface area contributed by atoms with E-state index < -0.39 is 0 Å². The van der Waals surface area contributed by atoms with Crippen LogP contribution in [0.5, 0.6) is 0 Å². The maximum atomic E-state index is 5.81. The SMILES string of the molecule is C=C/C=C(\C=C)CC.C=Cc1c(C)cc2c(c1C=C)-c1ccc(C)cc1C2(C)c1ccccc1.C=Cc1oc2c(c1/C=C\C)CCC=C2C.Cc1ccccc1.Cc1ccccc1. The Balaban J connectivity index is 0.000000197. The quantitative estimate of drug-likeness (QED) is 0.139. The molecule has 1 nitrogen and oxygen atoms in total. The molecule has 8 rings (SSSR count). The summed E-state index contributed by atoms with van der Waals surface area (Å²) in [6.45, 7) is 36.3. The Hall–Kier alpha value is -6.70. The Morgan fingerprint density at radius 2 is 1.25 bits per heavy atom. The lowest BCUT2D eigenvalue weighted by Gasteiger charge is -2.29. The maximum Gasteiger partial charge on any atom is 0.134 e. The van der Waals surface area contributed by atoms with Crippen LogP contribution in [0.1, 0.15) is 113 Å². The molecule has 0 bridgehead atoms. The van der Waals surface area contributed by atoms with Crippen molar-refractivity contribution in [2.45, 2.75) is 80.1 Å². The summed E-state index contributed by atoms with van der Waals surface area (Å²) >= 11 is 0. The van der Waals surface area contributed by atoms with Gasteiger partial charge < -0.3 is 4.42 Å². The first-order chi connectivity index (χ1) is 30.4. The summed E-state index contributed by atoms with van der Waals surface area (Å²) in [4.78, 5) is 0. The minimum absolute atomic E-state index is 0.167. The molecule has 1 heteroatoms. The van der Waals surface area contributed by atoms with Crippen molar-refractivity contribution in [3.05, 3.63) is 257 Å². The molecule has 1 unspecified atom stereocenters. The third kappa shape index (κ3) is 12.0. The van der Waals surface area contributed by atoms with Crippen molar-refractivity contribution in [1.82, 2.24) is 0 Å². The molecule has 0 saturated carbocycles. The second kappa shape index (κ2) is 24.1. The summed E-state index contributed by atoms with van der Waals surface area (Å²) in [7, 11) is 0. The fraction of sp³-hybridized carbons (Fsp3) is 0.194. The predicted octanol–water partition coefficient (Wildman–Crippen LogP) is 17.9. The van der Waals surface area contributed by atoms with E-state index in [1.165, 1.54) is 83.5 Å². The van der Waals surface area contributed by atoms with Crippen LogP contribution >= 0.6 is 0 Å². The molecule has 2 aliphatic carbocycles. The molecule has 2 aliphatic rings. The zero-order valence-corrected chi connectivity index (χ0v) is 39.2. The molecule has 5 aromatic carbocycles. The van der Waals surface area contributed by atoms with Gasteiger partial charge in [0.2, 0.25) is 0 Å². The fourth-order valence-electron chi connectivity index (χ4n) is 8.18. The van der Waals surface area contributed by atoms with Gasteiger partial charge in [-0.25, -0.2) is 0 Å². The molecule has 0 N–H and O–H groups in total. The average molecular weight is 829 g/mol. The first kappa shape index (κ1) is 49.0. The molecule has 1 atom stereocenters. The van der Waals surface area contributed by atoms with Crippen molar-refractivity contribution in [3.8, 4) is 11.1 Å². The highest BCUT2D eigenvalue weighted by Crippen LogP contribution is 2.55. The standard InChI is InChI=1S/C26H24.C14H16O.C8H12.2C7H8/c1-6-20-18(4)16-24-25(21(20)7-2)22-14-13-17(3)15-23(22)26(24,5)19-11-9-8-10-12-19;1-4-7-11-12-9-6-8-10(3)14(12)15-13(11)5-2;1-4-7-8(5-2)6-3;2*1-7-5-3-2-4-6-7/h6-16H,1-2H2,3-5H3;4-5,7-8H,2,6,9H2,1,3H3;4-5,7H,1-2,6H2,3H3;2*2-6H,1H3/b;7-4-;8-7+;;. The van der Waals surface area contributed by atoms with E-state index in [4.69, 9.17) is 4.42 Å². The highest BCUT2D eigenvalue weighted by Gasteiger charge is 2.42. The van der Waals surface area contributed by atoms with Gasteiger partial charge in [0.15, 0.2) is 0 Å². The predicted molar refractivity (Wildman–Crippen MR) is 280 cm³/mol. The fourth-order valence-corrected chi connectivity index (χ4v) is 8.18. The Morgan fingerprint density at radius 1 is 0.667 bits per heavy atom. The van der Waals surface area contributed by atoms with Crippen molar-refractivity contribution in [3.63, 3.8) is 0 Å². The second-order valence-electron chi connectivity index (χ2n) is 16.1. The number of rotatable bonds is 8. The molecule has 322 valence electrons. The lowest BCUT2D eigenvalue weighted by atomic mass is 9.73. The Morgan fingerprint density at radius 3 is 1.71 bits per heavy atom. The monoisotopic (exact) mass is 829 g/mol. The molecule has 1 aromatic heterocycles. The molecular formula is C62H68O. The van der Waals surface area contributed by atoms with Gasteiger partial charge in [-0.2, -0.15) is 0 Å². The minimum atomic E-state index is -0.167. The van der Waals surface area contributed by atoms with E-state index in [2.05, 4.69) is 172 Å². The van der Waals surface area contributed by atoms with E-state index >= 15 is 0 Å². The molecule has 0 spiro atoms. The maximum absolute atomic E-state index is 5.81. The molecule has 0 fully saturated rings. The number of aryl methyl sites for hydroxylation is 4. The lowest BCUT2D eigenvalue weighted by molar-refractivity contribution is 0.537. The highest BCUT2D eigenvalue weighted by atomic mass is 16.3. The van der Waals surface area contributed by atoms with Crippen LogP contribution in [-0.2, 0) is 11.8 Å². The highest BCUT2D eigenvalue weighted by molar-refractivity contribution is 5.92. The van der Waals surface area contributed by atoms with Crippen LogP contribution in [0.25, 0.3) is 41.0 Å². The molecule has 0 radical (unpaired) electrons.